The Morgan fingerprint density at radius 2 is 2.00 bits per heavy atom. The normalized spacial score (nSPS) is 12.0. The van der Waals surface area contributed by atoms with Gasteiger partial charge in [0.1, 0.15) is 5.82 Å². The molecule has 3 heterocycles. The number of sulfonamides is 1. The topological polar surface area (TPSA) is 94.7 Å². The zero-order valence-corrected chi connectivity index (χ0v) is 16.0. The lowest BCUT2D eigenvalue weighted by atomic mass is 10.1. The third kappa shape index (κ3) is 3.68. The van der Waals surface area contributed by atoms with Crippen LogP contribution in [0, 0.1) is 0 Å². The molecular formula is C17H22N6O2S. The van der Waals surface area contributed by atoms with Crippen LogP contribution < -0.4 is 4.72 Å². The molecule has 3 aromatic heterocycles. The molecule has 8 nitrogen and oxygen atoms in total. The molecule has 0 unspecified atom stereocenters. The van der Waals surface area contributed by atoms with Crippen LogP contribution in [-0.4, -0.2) is 32.7 Å². The Morgan fingerprint density at radius 3 is 2.62 bits per heavy atom. The second-order valence-corrected chi connectivity index (χ2v) is 8.16. The first kappa shape index (κ1) is 18.3. The Labute approximate surface area is 153 Å². The summed E-state index contributed by atoms with van der Waals surface area (Å²) < 4.78 is 31.3. The van der Waals surface area contributed by atoms with Gasteiger partial charge in [0.2, 0.25) is 0 Å². The van der Waals surface area contributed by atoms with Gasteiger partial charge in [0, 0.05) is 50.7 Å². The molecule has 0 atom stereocenters. The highest BCUT2D eigenvalue weighted by Crippen LogP contribution is 2.21. The fourth-order valence-electron chi connectivity index (χ4n) is 2.75. The number of pyridine rings is 1. The van der Waals surface area contributed by atoms with Crippen molar-refractivity contribution < 1.29 is 8.42 Å². The maximum Gasteiger partial charge on any atom is 0.259 e. The molecule has 0 aliphatic heterocycles. The van der Waals surface area contributed by atoms with Crippen molar-refractivity contribution in [2.24, 2.45) is 14.1 Å². The fraction of sp³-hybridized carbons (Fsp3) is 0.353. The van der Waals surface area contributed by atoms with Crippen LogP contribution in [0.1, 0.15) is 31.2 Å². The third-order valence-electron chi connectivity index (χ3n) is 4.00. The van der Waals surface area contributed by atoms with E-state index in [1.54, 1.807) is 34.8 Å². The number of nitrogens with one attached hydrogen (secondary N) is 1. The van der Waals surface area contributed by atoms with E-state index in [4.69, 9.17) is 0 Å². The maximum absolute atomic E-state index is 12.6. The lowest BCUT2D eigenvalue weighted by Gasteiger charge is -2.08. The van der Waals surface area contributed by atoms with Gasteiger partial charge in [-0.25, -0.2) is 18.1 Å². The van der Waals surface area contributed by atoms with E-state index < -0.39 is 10.0 Å². The first-order valence-electron chi connectivity index (χ1n) is 8.24. The second kappa shape index (κ2) is 7.00. The molecule has 0 saturated carbocycles. The van der Waals surface area contributed by atoms with E-state index in [-0.39, 0.29) is 17.5 Å². The third-order valence-corrected chi connectivity index (χ3v) is 5.28. The van der Waals surface area contributed by atoms with Crippen molar-refractivity contribution in [3.8, 4) is 11.3 Å². The lowest BCUT2D eigenvalue weighted by molar-refractivity contribution is 0.577. The second-order valence-electron chi connectivity index (χ2n) is 6.44. The molecule has 0 radical (unpaired) electrons. The minimum absolute atomic E-state index is 0.0236. The predicted molar refractivity (Wildman–Crippen MR) is 97.8 cm³/mol. The number of hydrogen-bond donors (Lipinski definition) is 1. The molecule has 0 aromatic carbocycles. The van der Waals surface area contributed by atoms with E-state index >= 15 is 0 Å². The number of nitrogens with zero attached hydrogens (tertiary/aromatic N) is 5. The van der Waals surface area contributed by atoms with E-state index in [1.807, 2.05) is 33.2 Å². The number of aryl methyl sites for hydroxylation is 2. The molecular weight excluding hydrogens is 352 g/mol. The van der Waals surface area contributed by atoms with E-state index in [0.717, 1.165) is 17.0 Å². The zero-order chi connectivity index (χ0) is 18.9. The first-order chi connectivity index (χ1) is 12.3. The predicted octanol–water partition coefficient (Wildman–Crippen LogP) is 1.82. The van der Waals surface area contributed by atoms with Gasteiger partial charge < -0.3 is 4.57 Å². The van der Waals surface area contributed by atoms with Gasteiger partial charge in [-0.3, -0.25) is 9.67 Å². The van der Waals surface area contributed by atoms with Crippen LogP contribution in [0.25, 0.3) is 11.3 Å². The fourth-order valence-corrected chi connectivity index (χ4v) is 3.75. The van der Waals surface area contributed by atoms with Gasteiger partial charge in [-0.2, -0.15) is 5.10 Å². The van der Waals surface area contributed by atoms with Crippen LogP contribution in [0.3, 0.4) is 0 Å². The number of imidazole rings is 1. The molecule has 26 heavy (non-hydrogen) atoms. The van der Waals surface area contributed by atoms with E-state index in [2.05, 4.69) is 19.8 Å². The van der Waals surface area contributed by atoms with Gasteiger partial charge in [-0.15, -0.1) is 0 Å². The Bertz CT molecular complexity index is 1020. The van der Waals surface area contributed by atoms with Crippen molar-refractivity contribution in [1.29, 1.82) is 0 Å². The number of rotatable bonds is 6. The molecule has 0 saturated heterocycles. The highest BCUT2D eigenvalue weighted by Gasteiger charge is 2.21. The van der Waals surface area contributed by atoms with Gasteiger partial charge in [0.05, 0.1) is 11.9 Å². The van der Waals surface area contributed by atoms with Crippen LogP contribution in [0.2, 0.25) is 0 Å². The molecule has 3 aromatic rings. The largest absolute Gasteiger partial charge is 0.336 e. The van der Waals surface area contributed by atoms with E-state index in [9.17, 15) is 8.42 Å². The summed E-state index contributed by atoms with van der Waals surface area (Å²) in [6.07, 6.45) is 6.75. The summed E-state index contributed by atoms with van der Waals surface area (Å²) in [7, 11) is -0.102. The molecule has 0 spiro atoms. The van der Waals surface area contributed by atoms with Gasteiger partial charge in [-0.05, 0) is 11.6 Å². The van der Waals surface area contributed by atoms with Crippen LogP contribution >= 0.6 is 0 Å². The lowest BCUT2D eigenvalue weighted by Crippen LogP contribution is -2.24. The van der Waals surface area contributed by atoms with Crippen molar-refractivity contribution in [1.82, 2.24) is 29.0 Å². The summed E-state index contributed by atoms with van der Waals surface area (Å²) in [5.41, 5.74) is 2.30. The van der Waals surface area contributed by atoms with Gasteiger partial charge in [0.25, 0.3) is 10.0 Å². The minimum Gasteiger partial charge on any atom is -0.336 e. The van der Waals surface area contributed by atoms with Crippen molar-refractivity contribution in [2.75, 3.05) is 0 Å². The standard InChI is InChI=1S/C17H22N6O2S/c1-12(2)17-21-15(11-22(17)3)26(24,25)20-9-13-6-5-7-18-16(13)14-8-19-23(4)10-14/h5-8,10-12,20H,9H2,1-4H3. The average Bonchev–Trinajstić information content (AvgIpc) is 3.19. The van der Waals surface area contributed by atoms with Crippen LogP contribution in [0.15, 0.2) is 41.9 Å². The van der Waals surface area contributed by atoms with Crippen LogP contribution in [0.5, 0.6) is 0 Å². The molecule has 0 aliphatic rings. The summed E-state index contributed by atoms with van der Waals surface area (Å²) in [5.74, 6) is 0.863. The van der Waals surface area contributed by atoms with Crippen molar-refractivity contribution in [2.45, 2.75) is 31.3 Å². The zero-order valence-electron chi connectivity index (χ0n) is 15.2. The summed E-state index contributed by atoms with van der Waals surface area (Å²) in [4.78, 5) is 8.63. The monoisotopic (exact) mass is 374 g/mol. The molecule has 0 bridgehead atoms. The van der Waals surface area contributed by atoms with E-state index in [1.165, 1.54) is 6.20 Å². The maximum atomic E-state index is 12.6. The van der Waals surface area contributed by atoms with Crippen molar-refractivity contribution in [3.05, 3.63) is 48.3 Å². The Balaban J connectivity index is 1.84. The number of hydrogen-bond acceptors (Lipinski definition) is 5. The highest BCUT2D eigenvalue weighted by atomic mass is 32.2. The number of aromatic nitrogens is 5. The van der Waals surface area contributed by atoms with Gasteiger partial charge in [0.15, 0.2) is 5.03 Å². The van der Waals surface area contributed by atoms with Crippen LogP contribution in [-0.2, 0) is 30.7 Å². The minimum atomic E-state index is -3.72. The van der Waals surface area contributed by atoms with Gasteiger partial charge >= 0.3 is 0 Å². The molecule has 0 aliphatic carbocycles. The highest BCUT2D eigenvalue weighted by molar-refractivity contribution is 7.89. The van der Waals surface area contributed by atoms with Crippen LogP contribution in [0.4, 0.5) is 0 Å². The average molecular weight is 374 g/mol. The summed E-state index contributed by atoms with van der Waals surface area (Å²) in [6.45, 7) is 4.07. The van der Waals surface area contributed by atoms with Gasteiger partial charge in [-0.1, -0.05) is 19.9 Å². The summed E-state index contributed by atoms with van der Waals surface area (Å²) >= 11 is 0. The smallest absolute Gasteiger partial charge is 0.259 e. The molecule has 0 amide bonds. The summed E-state index contributed by atoms with van der Waals surface area (Å²) in [5, 5.41) is 4.17. The Morgan fingerprint density at radius 1 is 1.23 bits per heavy atom. The quantitative estimate of drug-likeness (QED) is 0.710. The Hall–Kier alpha value is -2.52. The van der Waals surface area contributed by atoms with E-state index in [0.29, 0.717) is 5.69 Å². The Kier molecular flexibility index (Phi) is 4.92. The van der Waals surface area contributed by atoms with Crippen molar-refractivity contribution >= 4 is 10.0 Å². The molecule has 9 heteroatoms. The molecule has 0 fully saturated rings. The molecule has 138 valence electrons. The molecule has 3 rings (SSSR count). The molecule has 1 N–H and O–H groups in total. The first-order valence-corrected chi connectivity index (χ1v) is 9.72. The SMILES string of the molecule is CC(C)c1nc(S(=O)(=O)NCc2cccnc2-c2cnn(C)c2)cn1C. The summed E-state index contributed by atoms with van der Waals surface area (Å²) in [6, 6.07) is 3.62. The van der Waals surface area contributed by atoms with Crippen molar-refractivity contribution in [3.63, 3.8) is 0 Å².